The molecule has 0 fully saturated rings. The summed E-state index contributed by atoms with van der Waals surface area (Å²) >= 11 is 0. The molecule has 2 aromatic rings. The normalized spacial score (nSPS) is 12.5. The van der Waals surface area contributed by atoms with E-state index >= 15 is 0 Å². The molecule has 3 rings (SSSR count). The fourth-order valence-electron chi connectivity index (χ4n) is 2.07. The van der Waals surface area contributed by atoms with Gasteiger partial charge in [-0.2, -0.15) is 0 Å². The van der Waals surface area contributed by atoms with Gasteiger partial charge >= 0.3 is 0 Å². The summed E-state index contributed by atoms with van der Waals surface area (Å²) in [7, 11) is 0. The molecular formula is C16H12O3. The minimum Gasteiger partial charge on any atom is -0.504 e. The van der Waals surface area contributed by atoms with E-state index in [0.29, 0.717) is 23.5 Å². The monoisotopic (exact) mass is 252 g/mol. The van der Waals surface area contributed by atoms with Crippen molar-refractivity contribution in [2.24, 2.45) is 0 Å². The van der Waals surface area contributed by atoms with Gasteiger partial charge in [0.1, 0.15) is 6.61 Å². The van der Waals surface area contributed by atoms with Crippen molar-refractivity contribution in [2.75, 3.05) is 0 Å². The van der Waals surface area contributed by atoms with Crippen LogP contribution in [0.1, 0.15) is 21.5 Å². The maximum atomic E-state index is 11.5. The standard InChI is InChI=1S/C16H12O3/c17-14-8-6-13-12(14)7-9-15(16(13)18)19-10-11-4-2-1-3-5-11/h1-9,18H,10H2. The summed E-state index contributed by atoms with van der Waals surface area (Å²) in [5.41, 5.74) is 2.08. The molecule has 0 saturated heterocycles. The molecule has 0 amide bonds. The van der Waals surface area contributed by atoms with Crippen LogP contribution in [0, 0.1) is 0 Å². The first kappa shape index (κ1) is 11.5. The summed E-state index contributed by atoms with van der Waals surface area (Å²) < 4.78 is 5.59. The van der Waals surface area contributed by atoms with E-state index in [1.54, 1.807) is 18.2 Å². The minimum atomic E-state index is -0.0834. The topological polar surface area (TPSA) is 46.5 Å². The predicted octanol–water partition coefficient (Wildman–Crippen LogP) is 3.18. The zero-order valence-corrected chi connectivity index (χ0v) is 10.2. The lowest BCUT2D eigenvalue weighted by Gasteiger charge is -2.10. The number of fused-ring (bicyclic) bond motifs is 1. The maximum absolute atomic E-state index is 11.5. The third-order valence-electron chi connectivity index (χ3n) is 3.08. The second-order valence-corrected chi connectivity index (χ2v) is 4.35. The van der Waals surface area contributed by atoms with Crippen molar-refractivity contribution in [1.82, 2.24) is 0 Å². The Hall–Kier alpha value is -2.55. The fourth-order valence-corrected chi connectivity index (χ4v) is 2.07. The Kier molecular flexibility index (Phi) is 2.80. The SMILES string of the molecule is O=C1C=Cc2c1ccc(OCc1ccccc1)c2O. The highest BCUT2D eigenvalue weighted by Gasteiger charge is 2.19. The van der Waals surface area contributed by atoms with Crippen molar-refractivity contribution in [3.63, 3.8) is 0 Å². The van der Waals surface area contributed by atoms with Crippen LogP contribution < -0.4 is 4.74 Å². The average molecular weight is 252 g/mol. The maximum Gasteiger partial charge on any atom is 0.186 e. The van der Waals surface area contributed by atoms with Crippen LogP contribution in [-0.2, 0) is 6.61 Å². The van der Waals surface area contributed by atoms with Crippen LogP contribution >= 0.6 is 0 Å². The lowest BCUT2D eigenvalue weighted by molar-refractivity contribution is 0.104. The second kappa shape index (κ2) is 4.61. The first-order valence-electron chi connectivity index (χ1n) is 6.01. The number of carbonyl (C=O) groups excluding carboxylic acids is 1. The summed E-state index contributed by atoms with van der Waals surface area (Å²) in [6.07, 6.45) is 3.06. The molecule has 3 nitrogen and oxygen atoms in total. The molecule has 0 radical (unpaired) electrons. The van der Waals surface area contributed by atoms with Crippen molar-refractivity contribution >= 4 is 11.9 Å². The molecular weight excluding hydrogens is 240 g/mol. The molecule has 0 atom stereocenters. The Labute approximate surface area is 110 Å². The van der Waals surface area contributed by atoms with Gasteiger partial charge in [0.15, 0.2) is 17.3 Å². The van der Waals surface area contributed by atoms with Gasteiger partial charge in [-0.25, -0.2) is 0 Å². The van der Waals surface area contributed by atoms with E-state index in [9.17, 15) is 9.90 Å². The Morgan fingerprint density at radius 1 is 1.00 bits per heavy atom. The summed E-state index contributed by atoms with van der Waals surface area (Å²) in [5, 5.41) is 10.1. The number of ketones is 1. The van der Waals surface area contributed by atoms with Crippen molar-refractivity contribution in [3.8, 4) is 11.5 Å². The number of hydrogen-bond donors (Lipinski definition) is 1. The van der Waals surface area contributed by atoms with Gasteiger partial charge in [0.05, 0.1) is 0 Å². The summed E-state index contributed by atoms with van der Waals surface area (Å²) in [4.78, 5) is 11.5. The molecule has 0 bridgehead atoms. The summed E-state index contributed by atoms with van der Waals surface area (Å²) in [5.74, 6) is 0.331. The van der Waals surface area contributed by atoms with Crippen LogP contribution in [-0.4, -0.2) is 10.9 Å². The zero-order chi connectivity index (χ0) is 13.2. The van der Waals surface area contributed by atoms with Crippen LogP contribution in [0.3, 0.4) is 0 Å². The van der Waals surface area contributed by atoms with E-state index in [2.05, 4.69) is 0 Å². The molecule has 0 spiro atoms. The molecule has 0 unspecified atom stereocenters. The van der Waals surface area contributed by atoms with Gasteiger partial charge in [-0.3, -0.25) is 4.79 Å². The Balaban J connectivity index is 1.83. The highest BCUT2D eigenvalue weighted by molar-refractivity contribution is 6.14. The number of benzene rings is 2. The fraction of sp³-hybridized carbons (Fsp3) is 0.0625. The van der Waals surface area contributed by atoms with E-state index in [4.69, 9.17) is 4.74 Å². The molecule has 19 heavy (non-hydrogen) atoms. The first-order chi connectivity index (χ1) is 9.25. The van der Waals surface area contributed by atoms with Crippen LogP contribution in [0.4, 0.5) is 0 Å². The Bertz CT molecular complexity index is 657. The van der Waals surface area contributed by atoms with E-state index < -0.39 is 0 Å². The number of hydrogen-bond acceptors (Lipinski definition) is 3. The minimum absolute atomic E-state index is 0.0236. The molecule has 0 aliphatic heterocycles. The number of carbonyl (C=O) groups is 1. The average Bonchev–Trinajstić information content (AvgIpc) is 2.82. The van der Waals surface area contributed by atoms with Crippen molar-refractivity contribution in [1.29, 1.82) is 0 Å². The molecule has 94 valence electrons. The number of phenolic OH excluding ortho intramolecular Hbond substituents is 1. The number of allylic oxidation sites excluding steroid dienone is 1. The molecule has 1 aliphatic carbocycles. The third kappa shape index (κ3) is 2.10. The highest BCUT2D eigenvalue weighted by atomic mass is 16.5. The van der Waals surface area contributed by atoms with Gasteiger partial charge in [0, 0.05) is 11.1 Å². The van der Waals surface area contributed by atoms with Crippen LogP contribution in [0.5, 0.6) is 11.5 Å². The van der Waals surface area contributed by atoms with E-state index in [0.717, 1.165) is 5.56 Å². The van der Waals surface area contributed by atoms with E-state index in [-0.39, 0.29) is 11.5 Å². The molecule has 2 aromatic carbocycles. The Morgan fingerprint density at radius 2 is 1.79 bits per heavy atom. The quantitative estimate of drug-likeness (QED) is 0.912. The predicted molar refractivity (Wildman–Crippen MR) is 72.2 cm³/mol. The molecule has 0 heterocycles. The van der Waals surface area contributed by atoms with Gasteiger partial charge in [-0.1, -0.05) is 30.3 Å². The largest absolute Gasteiger partial charge is 0.504 e. The summed E-state index contributed by atoms with van der Waals surface area (Å²) in [6.45, 7) is 0.380. The molecule has 3 heteroatoms. The van der Waals surface area contributed by atoms with Crippen molar-refractivity contribution < 1.29 is 14.6 Å². The Morgan fingerprint density at radius 3 is 2.58 bits per heavy atom. The van der Waals surface area contributed by atoms with Crippen LogP contribution in [0.15, 0.2) is 48.5 Å². The van der Waals surface area contributed by atoms with Crippen molar-refractivity contribution in [3.05, 3.63) is 65.2 Å². The van der Waals surface area contributed by atoms with Gasteiger partial charge < -0.3 is 9.84 Å². The smallest absolute Gasteiger partial charge is 0.186 e. The van der Waals surface area contributed by atoms with Gasteiger partial charge in [0.25, 0.3) is 0 Å². The van der Waals surface area contributed by atoms with E-state index in [1.807, 2.05) is 30.3 Å². The van der Waals surface area contributed by atoms with Gasteiger partial charge in [0.2, 0.25) is 0 Å². The highest BCUT2D eigenvalue weighted by Crippen LogP contribution is 2.36. The summed E-state index contributed by atoms with van der Waals surface area (Å²) in [6, 6.07) is 13.0. The zero-order valence-electron chi connectivity index (χ0n) is 10.2. The number of aromatic hydroxyl groups is 1. The lowest BCUT2D eigenvalue weighted by atomic mass is 10.1. The van der Waals surface area contributed by atoms with E-state index in [1.165, 1.54) is 6.08 Å². The van der Waals surface area contributed by atoms with Crippen LogP contribution in [0.25, 0.3) is 6.08 Å². The first-order valence-corrected chi connectivity index (χ1v) is 6.01. The number of phenols is 1. The van der Waals surface area contributed by atoms with Gasteiger partial charge in [-0.05, 0) is 29.8 Å². The van der Waals surface area contributed by atoms with Crippen molar-refractivity contribution in [2.45, 2.75) is 6.61 Å². The third-order valence-corrected chi connectivity index (χ3v) is 3.08. The van der Waals surface area contributed by atoms with Gasteiger partial charge in [-0.15, -0.1) is 0 Å². The lowest BCUT2D eigenvalue weighted by Crippen LogP contribution is -1.98. The molecule has 0 aromatic heterocycles. The molecule has 1 N–H and O–H groups in total. The molecule has 1 aliphatic rings. The second-order valence-electron chi connectivity index (χ2n) is 4.35. The molecule has 0 saturated carbocycles. The number of rotatable bonds is 3. The number of ether oxygens (including phenoxy) is 1. The van der Waals surface area contributed by atoms with Crippen LogP contribution in [0.2, 0.25) is 0 Å².